The molecule has 2 N–H and O–H groups in total. The molecule has 1 atom stereocenters. The number of piperazine rings is 1. The number of hydrogen-bond acceptors (Lipinski definition) is 4. The Balaban J connectivity index is 1.49. The van der Waals surface area contributed by atoms with E-state index >= 15 is 0 Å². The van der Waals surface area contributed by atoms with Crippen LogP contribution < -0.4 is 5.73 Å². The Bertz CT molecular complexity index is 1030. The molecule has 1 aliphatic rings. The maximum atomic E-state index is 14.7. The summed E-state index contributed by atoms with van der Waals surface area (Å²) < 4.78 is 20.1. The van der Waals surface area contributed by atoms with E-state index in [1.165, 1.54) is 0 Å². The molecule has 3 aromatic rings. The number of aliphatic imine (C=N–C) groups is 1. The lowest BCUT2D eigenvalue weighted by atomic mass is 9.95. The first-order valence-corrected chi connectivity index (χ1v) is 10.1. The van der Waals surface area contributed by atoms with Crippen molar-refractivity contribution in [3.05, 3.63) is 71.7 Å². The fraction of sp³-hybridized carbons (Fsp3) is 0.304. The molecule has 156 valence electrons. The molecule has 1 aliphatic heterocycles. The van der Waals surface area contributed by atoms with Gasteiger partial charge in [-0.3, -0.25) is 0 Å². The first-order valence-electron chi connectivity index (χ1n) is 10.1. The molecule has 2 heterocycles. The molecule has 1 aromatic heterocycles. The lowest BCUT2D eigenvalue weighted by Crippen LogP contribution is -2.49. The molecule has 0 saturated carbocycles. The molecule has 0 radical (unpaired) electrons. The largest absolute Gasteiger partial charge is 0.369 e. The van der Waals surface area contributed by atoms with Crippen LogP contribution in [0.2, 0.25) is 0 Å². The number of likely N-dealkylation sites (N-methyl/N-ethyl adjacent to an activating group) is 1. The number of nitrogens with two attached hydrogens (primary N) is 1. The van der Waals surface area contributed by atoms with Crippen molar-refractivity contribution in [2.45, 2.75) is 12.8 Å². The Morgan fingerprint density at radius 2 is 1.83 bits per heavy atom. The van der Waals surface area contributed by atoms with E-state index in [1.807, 2.05) is 48.2 Å². The van der Waals surface area contributed by atoms with Crippen molar-refractivity contribution in [1.29, 1.82) is 0 Å². The lowest BCUT2D eigenvalue weighted by Gasteiger charge is -2.32. The average Bonchev–Trinajstić information content (AvgIpc) is 3.22. The third-order valence-electron chi connectivity index (χ3n) is 5.59. The second kappa shape index (κ2) is 8.67. The predicted octanol–water partition coefficient (Wildman–Crippen LogP) is 3.83. The van der Waals surface area contributed by atoms with Gasteiger partial charge in [-0.2, -0.15) is 4.99 Å². The predicted molar refractivity (Wildman–Crippen MR) is 116 cm³/mol. The monoisotopic (exact) mass is 407 g/mol. The van der Waals surface area contributed by atoms with Gasteiger partial charge in [-0.05, 0) is 24.2 Å². The van der Waals surface area contributed by atoms with Crippen molar-refractivity contribution in [2.24, 2.45) is 10.7 Å². The van der Waals surface area contributed by atoms with E-state index in [0.29, 0.717) is 23.1 Å². The number of halogens is 1. The highest BCUT2D eigenvalue weighted by molar-refractivity contribution is 5.80. The molecule has 0 bridgehead atoms. The molecule has 6 nitrogen and oxygen atoms in total. The van der Waals surface area contributed by atoms with Gasteiger partial charge >= 0.3 is 0 Å². The fourth-order valence-corrected chi connectivity index (χ4v) is 3.58. The Labute approximate surface area is 175 Å². The van der Waals surface area contributed by atoms with E-state index in [0.717, 1.165) is 37.3 Å². The van der Waals surface area contributed by atoms with E-state index < -0.39 is 0 Å². The number of guanidine groups is 1. The maximum absolute atomic E-state index is 14.7. The third-order valence-corrected chi connectivity index (χ3v) is 5.59. The van der Waals surface area contributed by atoms with Gasteiger partial charge in [0.15, 0.2) is 5.96 Å². The van der Waals surface area contributed by atoms with Crippen molar-refractivity contribution < 1.29 is 8.91 Å². The molecule has 1 fully saturated rings. The van der Waals surface area contributed by atoms with Crippen LogP contribution in [0, 0.1) is 5.82 Å². The summed E-state index contributed by atoms with van der Waals surface area (Å²) in [5, 5.41) is 4.13. The van der Waals surface area contributed by atoms with Gasteiger partial charge < -0.3 is 20.1 Å². The first kappa shape index (κ1) is 20.1. The van der Waals surface area contributed by atoms with E-state index in [9.17, 15) is 4.39 Å². The van der Waals surface area contributed by atoms with Crippen molar-refractivity contribution in [3.63, 3.8) is 0 Å². The molecule has 7 heteroatoms. The number of hydrogen-bond donors (Lipinski definition) is 1. The second-order valence-electron chi connectivity index (χ2n) is 7.68. The van der Waals surface area contributed by atoms with Crippen LogP contribution in [0.1, 0.15) is 24.1 Å². The van der Waals surface area contributed by atoms with Crippen LogP contribution in [0.5, 0.6) is 0 Å². The number of aromatic nitrogens is 1. The zero-order valence-corrected chi connectivity index (χ0v) is 17.3. The molecular formula is C23H26FN5O. The van der Waals surface area contributed by atoms with Gasteiger partial charge in [0.1, 0.15) is 5.82 Å². The van der Waals surface area contributed by atoms with E-state index in [1.54, 1.807) is 18.2 Å². The van der Waals surface area contributed by atoms with Gasteiger partial charge in [0.25, 0.3) is 5.88 Å². The number of nitrogens with zero attached hydrogens (tertiary/aromatic N) is 4. The maximum Gasteiger partial charge on any atom is 0.253 e. The minimum Gasteiger partial charge on any atom is -0.369 e. The van der Waals surface area contributed by atoms with Gasteiger partial charge in [-0.15, -0.1) is 0 Å². The summed E-state index contributed by atoms with van der Waals surface area (Å²) in [6.45, 7) is 5.51. The molecule has 30 heavy (non-hydrogen) atoms. The normalized spacial score (nSPS) is 16.6. The highest BCUT2D eigenvalue weighted by Crippen LogP contribution is 2.30. The Morgan fingerprint density at radius 3 is 2.53 bits per heavy atom. The van der Waals surface area contributed by atoms with Crippen molar-refractivity contribution in [1.82, 2.24) is 15.0 Å². The zero-order chi connectivity index (χ0) is 21.1. The van der Waals surface area contributed by atoms with Crippen molar-refractivity contribution >= 4 is 11.8 Å². The highest BCUT2D eigenvalue weighted by Gasteiger charge is 2.18. The number of benzene rings is 2. The van der Waals surface area contributed by atoms with Gasteiger partial charge in [0.2, 0.25) is 0 Å². The second-order valence-corrected chi connectivity index (χ2v) is 7.68. The van der Waals surface area contributed by atoms with Crippen LogP contribution in [0.3, 0.4) is 0 Å². The minimum absolute atomic E-state index is 0.137. The lowest BCUT2D eigenvalue weighted by molar-refractivity contribution is 0.214. The van der Waals surface area contributed by atoms with Crippen LogP contribution in [0.15, 0.2) is 64.1 Å². The van der Waals surface area contributed by atoms with Gasteiger partial charge in [-0.25, -0.2) is 4.39 Å². The zero-order valence-electron chi connectivity index (χ0n) is 17.3. The van der Waals surface area contributed by atoms with Gasteiger partial charge in [0, 0.05) is 43.7 Å². The Hall–Kier alpha value is -3.19. The molecule has 1 unspecified atom stereocenters. The summed E-state index contributed by atoms with van der Waals surface area (Å²) in [7, 11) is 2.09. The van der Waals surface area contributed by atoms with Crippen LogP contribution in [0.4, 0.5) is 10.3 Å². The van der Waals surface area contributed by atoms with Crippen molar-refractivity contribution in [2.75, 3.05) is 33.2 Å². The summed E-state index contributed by atoms with van der Waals surface area (Å²) in [6, 6.07) is 16.6. The third kappa shape index (κ3) is 4.36. The van der Waals surface area contributed by atoms with Gasteiger partial charge in [-0.1, -0.05) is 54.5 Å². The molecular weight excluding hydrogens is 381 g/mol. The highest BCUT2D eigenvalue weighted by atomic mass is 19.1. The van der Waals surface area contributed by atoms with Crippen LogP contribution in [0.25, 0.3) is 11.1 Å². The standard InChI is InChI=1S/C23H26FN5O/c1-16(18-8-9-19(20(24)14-18)17-6-4-3-5-7-17)21-15-22(30-27-21)26-23(25)29-12-10-28(2)11-13-29/h3-9,14-16H,10-13H2,1-2H3,(H2,25,26). The summed E-state index contributed by atoms with van der Waals surface area (Å²) in [6.07, 6.45) is 0. The van der Waals surface area contributed by atoms with E-state index in [2.05, 4.69) is 22.1 Å². The summed E-state index contributed by atoms with van der Waals surface area (Å²) in [4.78, 5) is 8.66. The minimum atomic E-state index is -0.258. The number of rotatable bonds is 4. The summed E-state index contributed by atoms with van der Waals surface area (Å²) >= 11 is 0. The summed E-state index contributed by atoms with van der Waals surface area (Å²) in [5.74, 6) is 0.389. The average molecular weight is 407 g/mol. The Morgan fingerprint density at radius 1 is 1.10 bits per heavy atom. The quantitative estimate of drug-likeness (QED) is 0.526. The molecule has 1 saturated heterocycles. The molecule has 2 aromatic carbocycles. The van der Waals surface area contributed by atoms with Gasteiger partial charge in [0.05, 0.1) is 5.69 Å². The van der Waals surface area contributed by atoms with Crippen LogP contribution >= 0.6 is 0 Å². The van der Waals surface area contributed by atoms with Crippen molar-refractivity contribution in [3.8, 4) is 11.1 Å². The van der Waals surface area contributed by atoms with E-state index in [-0.39, 0.29) is 11.7 Å². The molecule has 0 amide bonds. The Kier molecular flexibility index (Phi) is 5.81. The van der Waals surface area contributed by atoms with Crippen LogP contribution in [-0.4, -0.2) is 54.1 Å². The molecule has 0 aliphatic carbocycles. The van der Waals surface area contributed by atoms with E-state index in [4.69, 9.17) is 10.3 Å². The smallest absolute Gasteiger partial charge is 0.253 e. The molecule has 4 rings (SSSR count). The summed E-state index contributed by atoms with van der Waals surface area (Å²) in [5.41, 5.74) is 9.08. The fourth-order valence-electron chi connectivity index (χ4n) is 3.58. The molecule has 0 spiro atoms. The topological polar surface area (TPSA) is 70.9 Å². The van der Waals surface area contributed by atoms with Crippen LogP contribution in [-0.2, 0) is 0 Å². The SMILES string of the molecule is CC(c1ccc(-c2ccccc2)c(F)c1)c1cc(/N=C(/N)N2CCN(C)CC2)on1. The first-order chi connectivity index (χ1) is 14.5.